The van der Waals surface area contributed by atoms with E-state index in [9.17, 15) is 9.59 Å². The van der Waals surface area contributed by atoms with E-state index in [2.05, 4.69) is 10.3 Å². The van der Waals surface area contributed by atoms with Gasteiger partial charge in [-0.1, -0.05) is 18.2 Å². The van der Waals surface area contributed by atoms with Gasteiger partial charge in [0.15, 0.2) is 0 Å². The summed E-state index contributed by atoms with van der Waals surface area (Å²) in [6, 6.07) is 11.1. The molecule has 5 nitrogen and oxygen atoms in total. The minimum Gasteiger partial charge on any atom is -0.346 e. The second-order valence-corrected chi connectivity index (χ2v) is 6.97. The van der Waals surface area contributed by atoms with Crippen LogP contribution in [0.15, 0.2) is 42.6 Å². The third-order valence-corrected chi connectivity index (χ3v) is 3.86. The van der Waals surface area contributed by atoms with Crippen molar-refractivity contribution in [3.8, 4) is 0 Å². The van der Waals surface area contributed by atoms with Gasteiger partial charge in [0.25, 0.3) is 11.8 Å². The number of benzene rings is 1. The Morgan fingerprint density at radius 1 is 1.17 bits per heavy atom. The van der Waals surface area contributed by atoms with E-state index in [-0.39, 0.29) is 23.0 Å². The van der Waals surface area contributed by atoms with Crippen molar-refractivity contribution in [3.05, 3.63) is 59.4 Å². The number of para-hydroxylation sites is 1. The molecule has 2 amide bonds. The van der Waals surface area contributed by atoms with E-state index >= 15 is 0 Å². The van der Waals surface area contributed by atoms with E-state index in [1.165, 1.54) is 11.8 Å². The summed E-state index contributed by atoms with van der Waals surface area (Å²) in [4.78, 5) is 30.9. The Kier molecular flexibility index (Phi) is 4.09. The number of fused-ring (bicyclic) bond motifs is 1. The van der Waals surface area contributed by atoms with Gasteiger partial charge >= 0.3 is 0 Å². The van der Waals surface area contributed by atoms with Gasteiger partial charge in [-0.25, -0.2) is 0 Å². The van der Waals surface area contributed by atoms with Gasteiger partial charge in [0.2, 0.25) is 0 Å². The van der Waals surface area contributed by atoms with Crippen molar-refractivity contribution in [2.75, 3.05) is 11.4 Å². The highest BCUT2D eigenvalue weighted by Gasteiger charge is 2.26. The Hall–Kier alpha value is -2.69. The average molecular weight is 323 g/mol. The fourth-order valence-corrected chi connectivity index (χ4v) is 2.80. The summed E-state index contributed by atoms with van der Waals surface area (Å²) in [7, 11) is 0. The van der Waals surface area contributed by atoms with Crippen molar-refractivity contribution < 1.29 is 9.59 Å². The third-order valence-electron chi connectivity index (χ3n) is 3.86. The number of amides is 2. The van der Waals surface area contributed by atoms with Gasteiger partial charge in [-0.15, -0.1) is 0 Å². The second-order valence-electron chi connectivity index (χ2n) is 6.97. The molecule has 0 bridgehead atoms. The van der Waals surface area contributed by atoms with Crippen molar-refractivity contribution in [1.82, 2.24) is 10.3 Å². The molecule has 1 N–H and O–H groups in total. The summed E-state index contributed by atoms with van der Waals surface area (Å²) in [6.07, 6.45) is 2.36. The lowest BCUT2D eigenvalue weighted by atomic mass is 10.1. The fraction of sp³-hybridized carbons (Fsp3) is 0.316. The minimum atomic E-state index is -0.354. The molecule has 0 saturated heterocycles. The first-order valence-corrected chi connectivity index (χ1v) is 8.03. The van der Waals surface area contributed by atoms with Gasteiger partial charge < -0.3 is 10.2 Å². The zero-order chi connectivity index (χ0) is 17.3. The molecule has 1 aliphatic rings. The predicted molar refractivity (Wildman–Crippen MR) is 93.3 cm³/mol. The first-order valence-electron chi connectivity index (χ1n) is 8.03. The second kappa shape index (κ2) is 6.07. The van der Waals surface area contributed by atoms with Crippen LogP contribution in [0, 0.1) is 0 Å². The molecule has 124 valence electrons. The quantitative estimate of drug-likeness (QED) is 0.924. The number of anilines is 1. The van der Waals surface area contributed by atoms with Gasteiger partial charge in [-0.2, -0.15) is 0 Å². The number of carbonyl (C=O) groups excluding carboxylic acids is 2. The van der Waals surface area contributed by atoms with Crippen molar-refractivity contribution in [3.63, 3.8) is 0 Å². The van der Waals surface area contributed by atoms with Gasteiger partial charge in [-0.3, -0.25) is 14.6 Å². The number of aromatic nitrogens is 1. The maximum absolute atomic E-state index is 12.8. The third kappa shape index (κ3) is 3.30. The smallest absolute Gasteiger partial charge is 0.270 e. The summed E-state index contributed by atoms with van der Waals surface area (Å²) in [6.45, 7) is 6.37. The number of carbonyl (C=O) groups is 2. The maximum Gasteiger partial charge on any atom is 0.270 e. The van der Waals surface area contributed by atoms with Crippen molar-refractivity contribution in [2.45, 2.75) is 32.7 Å². The van der Waals surface area contributed by atoms with Crippen LogP contribution in [0.25, 0.3) is 0 Å². The molecule has 0 unspecified atom stereocenters. The van der Waals surface area contributed by atoms with Crippen molar-refractivity contribution in [1.29, 1.82) is 0 Å². The lowest BCUT2D eigenvalue weighted by molar-refractivity contribution is 0.0914. The van der Waals surface area contributed by atoms with Crippen LogP contribution in [0.2, 0.25) is 0 Å². The van der Waals surface area contributed by atoms with E-state index in [4.69, 9.17) is 0 Å². The number of pyridine rings is 1. The summed E-state index contributed by atoms with van der Waals surface area (Å²) >= 11 is 0. The first kappa shape index (κ1) is 16.2. The Morgan fingerprint density at radius 3 is 2.67 bits per heavy atom. The van der Waals surface area contributed by atoms with E-state index in [1.54, 1.807) is 17.0 Å². The highest BCUT2D eigenvalue weighted by Crippen LogP contribution is 2.28. The first-order chi connectivity index (χ1) is 11.3. The summed E-state index contributed by atoms with van der Waals surface area (Å²) in [5.74, 6) is -0.383. The van der Waals surface area contributed by atoms with E-state index < -0.39 is 0 Å². The Balaban J connectivity index is 1.85. The molecule has 0 atom stereocenters. The summed E-state index contributed by atoms with van der Waals surface area (Å²) < 4.78 is 0. The molecule has 5 heteroatoms. The van der Waals surface area contributed by atoms with Gasteiger partial charge in [0.1, 0.15) is 5.69 Å². The number of nitrogens with zero attached hydrogens (tertiary/aromatic N) is 2. The molecule has 24 heavy (non-hydrogen) atoms. The normalized spacial score (nSPS) is 13.5. The zero-order valence-corrected chi connectivity index (χ0v) is 14.2. The van der Waals surface area contributed by atoms with Gasteiger partial charge in [-0.05, 0) is 51.0 Å². The lowest BCUT2D eigenvalue weighted by Crippen LogP contribution is -2.41. The molecule has 2 heterocycles. The lowest BCUT2D eigenvalue weighted by Gasteiger charge is -2.20. The van der Waals surface area contributed by atoms with Crippen LogP contribution >= 0.6 is 0 Å². The molecule has 0 fully saturated rings. The highest BCUT2D eigenvalue weighted by molar-refractivity contribution is 6.08. The Morgan fingerprint density at radius 2 is 1.92 bits per heavy atom. The van der Waals surface area contributed by atoms with Crippen molar-refractivity contribution >= 4 is 17.5 Å². The topological polar surface area (TPSA) is 62.3 Å². The molecule has 1 aromatic carbocycles. The zero-order valence-electron chi connectivity index (χ0n) is 14.2. The maximum atomic E-state index is 12.8. The fourth-order valence-electron chi connectivity index (χ4n) is 2.80. The monoisotopic (exact) mass is 323 g/mol. The Labute approximate surface area is 141 Å². The molecular formula is C19H21N3O2. The van der Waals surface area contributed by atoms with Crippen LogP contribution in [-0.4, -0.2) is 28.9 Å². The molecule has 1 aromatic heterocycles. The molecule has 2 aromatic rings. The van der Waals surface area contributed by atoms with Gasteiger partial charge in [0, 0.05) is 29.5 Å². The molecular weight excluding hydrogens is 302 g/mol. The number of nitrogens with one attached hydrogen (secondary N) is 1. The van der Waals surface area contributed by atoms with Gasteiger partial charge in [0.05, 0.1) is 0 Å². The van der Waals surface area contributed by atoms with Crippen molar-refractivity contribution in [2.24, 2.45) is 0 Å². The van der Waals surface area contributed by atoms with Crippen LogP contribution in [0.4, 0.5) is 5.69 Å². The van der Waals surface area contributed by atoms with E-state index in [1.807, 2.05) is 45.0 Å². The van der Waals surface area contributed by atoms with Crippen LogP contribution < -0.4 is 10.2 Å². The molecule has 1 aliphatic heterocycles. The van der Waals surface area contributed by atoms with Crippen LogP contribution in [0.3, 0.4) is 0 Å². The van der Waals surface area contributed by atoms with Crippen LogP contribution in [0.5, 0.6) is 0 Å². The van der Waals surface area contributed by atoms with Crippen LogP contribution in [0.1, 0.15) is 47.2 Å². The molecule has 0 saturated carbocycles. The molecule has 3 rings (SSSR count). The number of hydrogen-bond donors (Lipinski definition) is 1. The van der Waals surface area contributed by atoms with E-state index in [0.717, 1.165) is 12.1 Å². The highest BCUT2D eigenvalue weighted by atomic mass is 16.2. The Bertz CT molecular complexity index is 793. The summed E-state index contributed by atoms with van der Waals surface area (Å²) in [5, 5.41) is 2.86. The minimum absolute atomic E-state index is 0.104. The SMILES string of the molecule is CC(C)(C)NC(=O)c1cc(C(=O)N2CCc3ccccc32)ccn1. The molecule has 0 radical (unpaired) electrons. The summed E-state index contributed by atoms with van der Waals surface area (Å²) in [5.41, 5.74) is 2.49. The molecule has 0 spiro atoms. The molecule has 0 aliphatic carbocycles. The average Bonchev–Trinajstić information content (AvgIpc) is 2.97. The largest absolute Gasteiger partial charge is 0.346 e. The predicted octanol–water partition coefficient (Wildman–Crippen LogP) is 2.81. The van der Waals surface area contributed by atoms with Crippen LogP contribution in [-0.2, 0) is 6.42 Å². The number of hydrogen-bond acceptors (Lipinski definition) is 3. The van der Waals surface area contributed by atoms with E-state index in [0.29, 0.717) is 12.1 Å². The number of rotatable bonds is 2. The standard InChI is InChI=1S/C19H21N3O2/c1-19(2,3)21-17(23)15-12-14(8-10-20-15)18(24)22-11-9-13-6-4-5-7-16(13)22/h4-8,10,12H,9,11H2,1-3H3,(H,21,23).